The monoisotopic (exact) mass is 532 g/mol. The van der Waals surface area contributed by atoms with Crippen LogP contribution in [0.3, 0.4) is 0 Å². The summed E-state index contributed by atoms with van der Waals surface area (Å²) >= 11 is 0. The highest BCUT2D eigenvalue weighted by Crippen LogP contribution is 2.42. The van der Waals surface area contributed by atoms with E-state index in [2.05, 4.69) is 79.2 Å². The van der Waals surface area contributed by atoms with Crippen LogP contribution in [0.4, 0.5) is 0 Å². The molecule has 1 saturated carbocycles. The molecule has 1 saturated heterocycles. The molecule has 4 unspecified atom stereocenters. The maximum absolute atomic E-state index is 6.99. The van der Waals surface area contributed by atoms with Gasteiger partial charge in [0.05, 0.1) is 12.2 Å². The minimum atomic E-state index is -1.98. The molecule has 172 valence electrons. The quantitative estimate of drug-likeness (QED) is 0.255. The average Bonchev–Trinajstić information content (AvgIpc) is 3.26. The van der Waals surface area contributed by atoms with Crippen molar-refractivity contribution in [3.05, 3.63) is 0 Å². The molecule has 0 amide bonds. The van der Waals surface area contributed by atoms with E-state index in [1.54, 1.807) is 0 Å². The first kappa shape index (κ1) is 27.6. The molecule has 0 aromatic heterocycles. The SMILES string of the molecule is C[Si](C)(C[Si](C)(C)O[Si](C)([Si])C[Si](C)(C)O[Si](C)(C)CCC1CCC2OC2C1)O[Si]. The van der Waals surface area contributed by atoms with Crippen molar-refractivity contribution < 1.29 is 17.1 Å². The number of hydrogen-bond donors (Lipinski definition) is 0. The van der Waals surface area contributed by atoms with Crippen LogP contribution in [0.25, 0.3) is 0 Å². The standard InChI is InChI=1S/C19H44O4Si7/c1-26(2,13-12-17-10-11-18-19(14-17)20-18)22-29(7,8)16-30(9,25)23-28(5,6)15-27(3,4)21-24/h17-19H,10-16H2,1-9H3. The summed E-state index contributed by atoms with van der Waals surface area (Å²) < 4.78 is 25.2. The Balaban J connectivity index is 1.86. The van der Waals surface area contributed by atoms with E-state index in [-0.39, 0.29) is 0 Å². The first-order valence-electron chi connectivity index (χ1n) is 11.6. The summed E-state index contributed by atoms with van der Waals surface area (Å²) in [5, 5.41) is 0. The third kappa shape index (κ3) is 9.69. The van der Waals surface area contributed by atoms with Gasteiger partial charge in [0, 0.05) is 9.76 Å². The fourth-order valence-corrected chi connectivity index (χ4v) is 42.8. The lowest BCUT2D eigenvalue weighted by molar-refractivity contribution is 0.355. The van der Waals surface area contributed by atoms with Crippen molar-refractivity contribution in [3.8, 4) is 0 Å². The summed E-state index contributed by atoms with van der Waals surface area (Å²) in [7, 11) is -1.56. The van der Waals surface area contributed by atoms with Crippen molar-refractivity contribution in [2.45, 2.75) is 114 Å². The first-order valence-corrected chi connectivity index (χ1v) is 28.6. The summed E-state index contributed by atoms with van der Waals surface area (Å²) in [6.45, 7) is 21.1. The molecule has 1 aliphatic heterocycles. The van der Waals surface area contributed by atoms with Gasteiger partial charge in [0.25, 0.3) is 0 Å². The Labute approximate surface area is 198 Å². The van der Waals surface area contributed by atoms with Gasteiger partial charge in [0.1, 0.15) is 0 Å². The molecular formula is C19H44O4Si7. The molecule has 1 aliphatic carbocycles. The van der Waals surface area contributed by atoms with E-state index < -0.39 is 41.1 Å². The van der Waals surface area contributed by atoms with Gasteiger partial charge >= 0.3 is 0 Å². The zero-order valence-electron chi connectivity index (χ0n) is 20.8. The van der Waals surface area contributed by atoms with Crippen molar-refractivity contribution in [2.24, 2.45) is 5.92 Å². The van der Waals surface area contributed by atoms with Crippen LogP contribution in [-0.4, -0.2) is 73.6 Å². The number of epoxide rings is 1. The molecule has 0 N–H and O–H groups in total. The maximum Gasteiger partial charge on any atom is 0.230 e. The summed E-state index contributed by atoms with van der Waals surface area (Å²) in [6, 6.07) is 1.27. The van der Waals surface area contributed by atoms with Gasteiger partial charge in [-0.3, -0.25) is 0 Å². The molecule has 2 aliphatic rings. The Morgan fingerprint density at radius 1 is 0.767 bits per heavy atom. The van der Waals surface area contributed by atoms with Gasteiger partial charge in [-0.1, -0.05) is 6.42 Å². The van der Waals surface area contributed by atoms with Crippen molar-refractivity contribution in [3.63, 3.8) is 0 Å². The number of ether oxygens (including phenoxy) is 1. The molecule has 0 aromatic rings. The van der Waals surface area contributed by atoms with E-state index in [1.165, 1.54) is 31.7 Å². The molecule has 11 heteroatoms. The predicted molar refractivity (Wildman–Crippen MR) is 141 cm³/mol. The van der Waals surface area contributed by atoms with Crippen molar-refractivity contribution in [1.29, 1.82) is 0 Å². The zero-order valence-corrected chi connectivity index (χ0v) is 27.8. The smallest absolute Gasteiger partial charge is 0.230 e. The van der Waals surface area contributed by atoms with Gasteiger partial charge in [-0.25, -0.2) is 0 Å². The fourth-order valence-electron chi connectivity index (χ4n) is 5.69. The number of hydrogen-bond acceptors (Lipinski definition) is 4. The molecule has 2 rings (SSSR count). The Morgan fingerprint density at radius 2 is 1.37 bits per heavy atom. The number of rotatable bonds is 12. The first-order chi connectivity index (χ1) is 13.4. The summed E-state index contributed by atoms with van der Waals surface area (Å²) in [5.41, 5.74) is 2.19. The minimum Gasteiger partial charge on any atom is -0.458 e. The van der Waals surface area contributed by atoms with Crippen LogP contribution in [0.15, 0.2) is 0 Å². The zero-order chi connectivity index (χ0) is 23.0. The molecular weight excluding hydrogens is 489 g/mol. The molecule has 2 fully saturated rings. The topological polar surface area (TPSA) is 40.2 Å². The molecule has 4 nitrogen and oxygen atoms in total. The number of fused-ring (bicyclic) bond motifs is 1. The molecule has 6 radical (unpaired) electrons. The van der Waals surface area contributed by atoms with Gasteiger partial charge in [-0.05, 0) is 101 Å². The summed E-state index contributed by atoms with van der Waals surface area (Å²) in [4.78, 5) is 0. The van der Waals surface area contributed by atoms with Gasteiger partial charge in [-0.15, -0.1) is 0 Å². The van der Waals surface area contributed by atoms with Crippen LogP contribution in [0.1, 0.15) is 25.7 Å². The van der Waals surface area contributed by atoms with Gasteiger partial charge < -0.3 is 17.1 Å². The second-order valence-corrected chi connectivity index (χ2v) is 37.9. The van der Waals surface area contributed by atoms with E-state index in [0.717, 1.165) is 17.3 Å². The van der Waals surface area contributed by atoms with E-state index in [9.17, 15) is 0 Å². The van der Waals surface area contributed by atoms with Crippen LogP contribution in [0.2, 0.25) is 76.3 Å². The molecule has 4 atom stereocenters. The highest BCUT2D eigenvalue weighted by atomic mass is 29.2. The van der Waals surface area contributed by atoms with Crippen LogP contribution in [0.5, 0.6) is 0 Å². The Bertz CT molecular complexity index is 583. The fraction of sp³-hybridized carbons (Fsp3) is 1.00. The highest BCUT2D eigenvalue weighted by molar-refractivity contribution is 7.20. The molecule has 0 bridgehead atoms. The van der Waals surface area contributed by atoms with E-state index in [4.69, 9.17) is 17.1 Å². The van der Waals surface area contributed by atoms with Gasteiger partial charge in [0.15, 0.2) is 41.1 Å². The lowest BCUT2D eigenvalue weighted by Crippen LogP contribution is -2.56. The van der Waals surface area contributed by atoms with Gasteiger partial charge in [-0.2, -0.15) is 0 Å². The summed E-state index contributed by atoms with van der Waals surface area (Å²) in [5.74, 6) is 0.850. The molecule has 0 aromatic carbocycles. The van der Waals surface area contributed by atoms with Crippen LogP contribution >= 0.6 is 0 Å². The van der Waals surface area contributed by atoms with Gasteiger partial charge in [0.2, 0.25) is 10.5 Å². The lowest BCUT2D eigenvalue weighted by atomic mass is 9.88. The molecule has 1 heterocycles. The third-order valence-corrected chi connectivity index (χ3v) is 33.8. The second kappa shape index (κ2) is 9.92. The van der Waals surface area contributed by atoms with E-state index in [0.29, 0.717) is 12.2 Å². The largest absolute Gasteiger partial charge is 0.458 e. The Morgan fingerprint density at radius 3 is 1.93 bits per heavy atom. The maximum atomic E-state index is 6.99. The van der Waals surface area contributed by atoms with Crippen LogP contribution < -0.4 is 0 Å². The Hall–Kier alpha value is 1.36. The highest BCUT2D eigenvalue weighted by Gasteiger charge is 2.45. The van der Waals surface area contributed by atoms with E-state index >= 15 is 0 Å². The van der Waals surface area contributed by atoms with Crippen molar-refractivity contribution in [1.82, 2.24) is 0 Å². The lowest BCUT2D eigenvalue weighted by Gasteiger charge is -2.42. The third-order valence-electron chi connectivity index (χ3n) is 6.21. The Kier molecular flexibility index (Phi) is 9.13. The van der Waals surface area contributed by atoms with Crippen molar-refractivity contribution in [2.75, 3.05) is 0 Å². The second-order valence-electron chi connectivity index (χ2n) is 12.4. The minimum absolute atomic E-state index is 0.590. The predicted octanol–water partition coefficient (Wildman–Crippen LogP) is 5.22. The van der Waals surface area contributed by atoms with Crippen LogP contribution in [-0.2, 0) is 17.1 Å². The van der Waals surface area contributed by atoms with Crippen molar-refractivity contribution >= 4 is 61.4 Å². The molecule has 0 spiro atoms. The van der Waals surface area contributed by atoms with Crippen LogP contribution in [0, 0.1) is 5.92 Å². The average molecular weight is 533 g/mol. The normalized spacial score (nSPS) is 27.5. The molecule has 30 heavy (non-hydrogen) atoms. The van der Waals surface area contributed by atoms with E-state index in [1.807, 2.05) is 0 Å². The summed E-state index contributed by atoms with van der Waals surface area (Å²) in [6.07, 6.45) is 6.44.